The van der Waals surface area contributed by atoms with E-state index in [1.165, 1.54) is 0 Å². The van der Waals surface area contributed by atoms with Crippen molar-refractivity contribution in [1.29, 1.82) is 0 Å². The predicted octanol–water partition coefficient (Wildman–Crippen LogP) is 4.24. The van der Waals surface area contributed by atoms with E-state index in [0.29, 0.717) is 37.0 Å². The summed E-state index contributed by atoms with van der Waals surface area (Å²) in [6, 6.07) is 13.1. The van der Waals surface area contributed by atoms with Gasteiger partial charge in [-0.3, -0.25) is 4.79 Å². The molecule has 1 atom stereocenters. The summed E-state index contributed by atoms with van der Waals surface area (Å²) >= 11 is 5.87. The van der Waals surface area contributed by atoms with Crippen LogP contribution in [0.5, 0.6) is 17.2 Å². The molecule has 27 heavy (non-hydrogen) atoms. The van der Waals surface area contributed by atoms with Gasteiger partial charge in [0.2, 0.25) is 5.91 Å². The van der Waals surface area contributed by atoms with Gasteiger partial charge in [-0.25, -0.2) is 0 Å². The molecule has 2 aromatic rings. The highest BCUT2D eigenvalue weighted by Crippen LogP contribution is 2.42. The summed E-state index contributed by atoms with van der Waals surface area (Å²) in [6.45, 7) is 2.20. The van der Waals surface area contributed by atoms with Gasteiger partial charge in [-0.1, -0.05) is 23.7 Å². The molecule has 0 aromatic heterocycles. The van der Waals surface area contributed by atoms with Crippen molar-refractivity contribution in [2.24, 2.45) is 0 Å². The second-order valence-electron chi connectivity index (χ2n) is 6.67. The summed E-state index contributed by atoms with van der Waals surface area (Å²) in [5, 5.41) is 0.663. The second kappa shape index (κ2) is 8.09. The van der Waals surface area contributed by atoms with Crippen LogP contribution in [0.3, 0.4) is 0 Å². The number of carbonyl (C=O) groups excluding carboxylic acids is 1. The van der Waals surface area contributed by atoms with E-state index < -0.39 is 0 Å². The maximum atomic E-state index is 12.8. The van der Waals surface area contributed by atoms with Crippen molar-refractivity contribution in [1.82, 2.24) is 4.90 Å². The average Bonchev–Trinajstić information content (AvgIpc) is 3.19. The number of para-hydroxylation sites is 1. The van der Waals surface area contributed by atoms with E-state index in [9.17, 15) is 4.79 Å². The van der Waals surface area contributed by atoms with Crippen molar-refractivity contribution in [2.75, 3.05) is 26.4 Å². The first kappa shape index (κ1) is 18.0. The van der Waals surface area contributed by atoms with Crippen LogP contribution in [0.1, 0.15) is 30.9 Å². The molecule has 0 saturated carbocycles. The summed E-state index contributed by atoms with van der Waals surface area (Å²) in [5.74, 6) is 2.36. The number of nitrogens with zero attached hydrogens (tertiary/aromatic N) is 1. The van der Waals surface area contributed by atoms with Crippen LogP contribution in [-0.4, -0.2) is 37.2 Å². The summed E-state index contributed by atoms with van der Waals surface area (Å²) in [7, 11) is 0. The minimum absolute atomic E-state index is 0.0321. The maximum Gasteiger partial charge on any atom is 0.226 e. The van der Waals surface area contributed by atoms with Gasteiger partial charge in [-0.05, 0) is 43.2 Å². The van der Waals surface area contributed by atoms with Crippen LogP contribution < -0.4 is 14.2 Å². The minimum Gasteiger partial charge on any atom is -0.493 e. The van der Waals surface area contributed by atoms with Gasteiger partial charge in [-0.15, -0.1) is 0 Å². The Bertz CT molecular complexity index is 808. The fourth-order valence-electron chi connectivity index (χ4n) is 3.68. The highest BCUT2D eigenvalue weighted by molar-refractivity contribution is 6.30. The molecule has 2 aliphatic rings. The third kappa shape index (κ3) is 3.98. The number of hydrogen-bond acceptors (Lipinski definition) is 4. The van der Waals surface area contributed by atoms with Gasteiger partial charge in [0.25, 0.3) is 0 Å². The molecule has 0 radical (unpaired) electrons. The van der Waals surface area contributed by atoms with Crippen molar-refractivity contribution < 1.29 is 19.0 Å². The molecule has 0 aliphatic carbocycles. The minimum atomic E-state index is 0.0321. The summed E-state index contributed by atoms with van der Waals surface area (Å²) in [5.41, 5.74) is 1.04. The summed E-state index contributed by atoms with van der Waals surface area (Å²) in [4.78, 5) is 14.7. The zero-order chi connectivity index (χ0) is 18.6. The number of fused-ring (bicyclic) bond motifs is 1. The third-order valence-electron chi connectivity index (χ3n) is 4.93. The Balaban J connectivity index is 1.41. The first-order valence-corrected chi connectivity index (χ1v) is 9.66. The number of benzene rings is 2. The van der Waals surface area contributed by atoms with E-state index in [-0.39, 0.29) is 11.9 Å². The molecule has 2 aliphatic heterocycles. The second-order valence-corrected chi connectivity index (χ2v) is 7.11. The topological polar surface area (TPSA) is 48.0 Å². The van der Waals surface area contributed by atoms with E-state index in [1.807, 2.05) is 23.1 Å². The van der Waals surface area contributed by atoms with Gasteiger partial charge in [0.15, 0.2) is 11.5 Å². The van der Waals surface area contributed by atoms with Crippen LogP contribution in [0.15, 0.2) is 42.5 Å². The van der Waals surface area contributed by atoms with Gasteiger partial charge >= 0.3 is 0 Å². The summed E-state index contributed by atoms with van der Waals surface area (Å²) in [6.07, 6.45) is 2.26. The predicted molar refractivity (Wildman–Crippen MR) is 103 cm³/mol. The largest absolute Gasteiger partial charge is 0.493 e. The molecule has 1 fully saturated rings. The van der Waals surface area contributed by atoms with E-state index in [4.69, 9.17) is 25.8 Å². The lowest BCUT2D eigenvalue weighted by atomic mass is 10.0. The molecular formula is C21H22ClNO4. The van der Waals surface area contributed by atoms with Crippen LogP contribution in [0, 0.1) is 0 Å². The number of likely N-dealkylation sites (tertiary alicyclic amines) is 1. The van der Waals surface area contributed by atoms with Crippen molar-refractivity contribution in [2.45, 2.75) is 25.3 Å². The Morgan fingerprint density at radius 2 is 1.96 bits per heavy atom. The Morgan fingerprint density at radius 1 is 1.15 bits per heavy atom. The smallest absolute Gasteiger partial charge is 0.226 e. The van der Waals surface area contributed by atoms with Gasteiger partial charge in [0, 0.05) is 17.1 Å². The molecular weight excluding hydrogens is 366 g/mol. The van der Waals surface area contributed by atoms with Crippen molar-refractivity contribution in [3.05, 3.63) is 53.1 Å². The standard InChI is InChI=1S/C21H22ClNO4/c22-15-6-8-16(9-7-15)25-12-10-20(24)23-11-2-4-18(23)17-3-1-5-19-21(17)27-14-13-26-19/h1,3,5-9,18H,2,4,10-14H2. The lowest BCUT2D eigenvalue weighted by molar-refractivity contribution is -0.132. The number of ether oxygens (including phenoxy) is 3. The van der Waals surface area contributed by atoms with E-state index >= 15 is 0 Å². The van der Waals surface area contributed by atoms with Crippen molar-refractivity contribution >= 4 is 17.5 Å². The molecule has 142 valence electrons. The molecule has 1 amide bonds. The molecule has 5 nitrogen and oxygen atoms in total. The quantitative estimate of drug-likeness (QED) is 0.769. The molecule has 1 unspecified atom stereocenters. The Hall–Kier alpha value is -2.40. The first-order valence-electron chi connectivity index (χ1n) is 9.29. The first-order chi connectivity index (χ1) is 13.2. The fraction of sp³-hybridized carbons (Fsp3) is 0.381. The molecule has 0 N–H and O–H groups in total. The Labute approximate surface area is 163 Å². The third-order valence-corrected chi connectivity index (χ3v) is 5.18. The van der Waals surface area contributed by atoms with Crippen molar-refractivity contribution in [3.8, 4) is 17.2 Å². The SMILES string of the molecule is O=C(CCOc1ccc(Cl)cc1)N1CCCC1c1cccc2c1OCCO2. The monoisotopic (exact) mass is 387 g/mol. The number of halogens is 1. The number of carbonyl (C=O) groups is 1. The lowest BCUT2D eigenvalue weighted by Crippen LogP contribution is -2.32. The number of rotatable bonds is 5. The van der Waals surface area contributed by atoms with Crippen molar-refractivity contribution in [3.63, 3.8) is 0 Å². The van der Waals surface area contributed by atoms with E-state index in [1.54, 1.807) is 24.3 Å². The van der Waals surface area contributed by atoms with Crippen LogP contribution in [-0.2, 0) is 4.79 Å². The lowest BCUT2D eigenvalue weighted by Gasteiger charge is -2.29. The summed E-state index contributed by atoms with van der Waals surface area (Å²) < 4.78 is 17.2. The molecule has 2 heterocycles. The highest BCUT2D eigenvalue weighted by Gasteiger charge is 2.33. The van der Waals surface area contributed by atoms with Crippen LogP contribution in [0.2, 0.25) is 5.02 Å². The maximum absolute atomic E-state index is 12.8. The molecule has 6 heteroatoms. The van der Waals surface area contributed by atoms with Gasteiger partial charge in [0.05, 0.1) is 19.1 Å². The van der Waals surface area contributed by atoms with E-state index in [2.05, 4.69) is 0 Å². The average molecular weight is 388 g/mol. The fourth-order valence-corrected chi connectivity index (χ4v) is 3.80. The van der Waals surface area contributed by atoms with Crippen LogP contribution >= 0.6 is 11.6 Å². The Morgan fingerprint density at radius 3 is 2.81 bits per heavy atom. The zero-order valence-corrected chi connectivity index (χ0v) is 15.8. The van der Waals surface area contributed by atoms with Gasteiger partial charge < -0.3 is 19.1 Å². The number of amides is 1. The van der Waals surface area contributed by atoms with Gasteiger partial charge in [-0.2, -0.15) is 0 Å². The Kier molecular flexibility index (Phi) is 5.39. The molecule has 0 bridgehead atoms. The highest BCUT2D eigenvalue weighted by atomic mass is 35.5. The molecule has 4 rings (SSSR count). The molecule has 0 spiro atoms. The van der Waals surface area contributed by atoms with Crippen LogP contribution in [0.4, 0.5) is 0 Å². The van der Waals surface area contributed by atoms with Crippen LogP contribution in [0.25, 0.3) is 0 Å². The molecule has 2 aromatic carbocycles. The zero-order valence-electron chi connectivity index (χ0n) is 15.0. The number of hydrogen-bond donors (Lipinski definition) is 0. The molecule has 1 saturated heterocycles. The van der Waals surface area contributed by atoms with E-state index in [0.717, 1.165) is 36.4 Å². The van der Waals surface area contributed by atoms with Gasteiger partial charge in [0.1, 0.15) is 19.0 Å². The normalized spacial score (nSPS) is 18.4.